The van der Waals surface area contributed by atoms with Gasteiger partial charge in [0.2, 0.25) is 0 Å². The molecule has 0 unspecified atom stereocenters. The third kappa shape index (κ3) is 5.32. The van der Waals surface area contributed by atoms with Gasteiger partial charge in [-0.25, -0.2) is 9.78 Å². The van der Waals surface area contributed by atoms with Crippen LogP contribution in [0.25, 0.3) is 0 Å². The Morgan fingerprint density at radius 1 is 1.36 bits per heavy atom. The van der Waals surface area contributed by atoms with Crippen LogP contribution in [-0.4, -0.2) is 28.3 Å². The molecule has 118 valence electrons. The van der Waals surface area contributed by atoms with Gasteiger partial charge >= 0.3 is 6.03 Å². The highest BCUT2D eigenvalue weighted by molar-refractivity contribution is 8.00. The van der Waals surface area contributed by atoms with Crippen molar-refractivity contribution >= 4 is 34.3 Å². The van der Waals surface area contributed by atoms with Crippen molar-refractivity contribution in [3.05, 3.63) is 42.1 Å². The fourth-order valence-electron chi connectivity index (χ4n) is 1.59. The van der Waals surface area contributed by atoms with Crippen LogP contribution in [0.3, 0.4) is 0 Å². The molecule has 1 aromatic carbocycles. The molecule has 1 aromatic heterocycles. The fraction of sp³-hybridized carbons (Fsp3) is 0.333. The lowest BCUT2D eigenvalue weighted by atomic mass is 10.1. The Labute approximate surface area is 138 Å². The van der Waals surface area contributed by atoms with Crippen LogP contribution in [0.5, 0.6) is 0 Å². The number of aliphatic hydroxyl groups is 1. The van der Waals surface area contributed by atoms with E-state index in [1.807, 2.05) is 18.2 Å². The van der Waals surface area contributed by atoms with Gasteiger partial charge < -0.3 is 10.4 Å². The predicted molar refractivity (Wildman–Crippen MR) is 91.4 cm³/mol. The van der Waals surface area contributed by atoms with Crippen LogP contribution in [0.15, 0.2) is 40.7 Å². The van der Waals surface area contributed by atoms with Gasteiger partial charge in [-0.05, 0) is 19.4 Å². The van der Waals surface area contributed by atoms with Gasteiger partial charge in [-0.2, -0.15) is 0 Å². The normalized spacial score (nSPS) is 11.2. The molecule has 7 heteroatoms. The zero-order chi connectivity index (χ0) is 16.0. The van der Waals surface area contributed by atoms with E-state index in [1.54, 1.807) is 31.8 Å². The van der Waals surface area contributed by atoms with Gasteiger partial charge in [0, 0.05) is 5.75 Å². The Hall–Kier alpha value is -1.57. The molecule has 0 saturated heterocycles. The van der Waals surface area contributed by atoms with Crippen LogP contribution in [0, 0.1) is 0 Å². The number of anilines is 1. The molecule has 2 amide bonds. The first-order chi connectivity index (χ1) is 10.5. The number of nitrogens with one attached hydrogen (secondary N) is 2. The second kappa shape index (κ2) is 7.62. The summed E-state index contributed by atoms with van der Waals surface area (Å²) in [4.78, 5) is 16.0. The molecule has 0 bridgehead atoms. The van der Waals surface area contributed by atoms with E-state index in [-0.39, 0.29) is 12.6 Å². The number of benzene rings is 1. The van der Waals surface area contributed by atoms with E-state index in [0.29, 0.717) is 5.13 Å². The highest BCUT2D eigenvalue weighted by Crippen LogP contribution is 2.30. The number of hydrogen-bond acceptors (Lipinski definition) is 5. The lowest BCUT2D eigenvalue weighted by Crippen LogP contribution is -2.48. The van der Waals surface area contributed by atoms with Gasteiger partial charge in [-0.3, -0.25) is 5.32 Å². The summed E-state index contributed by atoms with van der Waals surface area (Å²) < 4.78 is 1.04. The van der Waals surface area contributed by atoms with Crippen molar-refractivity contribution in [3.8, 4) is 0 Å². The molecule has 2 aromatic rings. The molecular formula is C15H19N3O2S2. The molecule has 1 heterocycles. The standard InChI is InChI=1S/C15H19N3O2S2/c1-15(2,10-19)18-13(20)17-14-16-8-12(22-14)21-9-11-6-4-3-5-7-11/h3-8,19H,9-10H2,1-2H3,(H2,16,17,18,20). The Balaban J connectivity index is 1.85. The van der Waals surface area contributed by atoms with Crippen LogP contribution in [-0.2, 0) is 5.75 Å². The van der Waals surface area contributed by atoms with Crippen molar-refractivity contribution in [1.29, 1.82) is 0 Å². The van der Waals surface area contributed by atoms with E-state index in [4.69, 9.17) is 5.11 Å². The first kappa shape index (κ1) is 16.8. The zero-order valence-corrected chi connectivity index (χ0v) is 14.1. The molecule has 3 N–H and O–H groups in total. The summed E-state index contributed by atoms with van der Waals surface area (Å²) in [6.45, 7) is 3.36. The molecule has 0 saturated carbocycles. The van der Waals surface area contributed by atoms with Gasteiger partial charge in [0.1, 0.15) is 0 Å². The van der Waals surface area contributed by atoms with Crippen LogP contribution in [0.4, 0.5) is 9.93 Å². The molecule has 0 aliphatic heterocycles. The Kier molecular flexibility index (Phi) is 5.82. The minimum absolute atomic E-state index is 0.129. The summed E-state index contributed by atoms with van der Waals surface area (Å²) in [5, 5.41) is 15.0. The maximum Gasteiger partial charge on any atom is 0.321 e. The summed E-state index contributed by atoms with van der Waals surface area (Å²) >= 11 is 3.11. The Morgan fingerprint density at radius 3 is 2.77 bits per heavy atom. The minimum atomic E-state index is -0.660. The summed E-state index contributed by atoms with van der Waals surface area (Å²) in [6.07, 6.45) is 1.76. The summed E-state index contributed by atoms with van der Waals surface area (Å²) in [6, 6.07) is 9.82. The van der Waals surface area contributed by atoms with Crippen molar-refractivity contribution in [3.63, 3.8) is 0 Å². The van der Waals surface area contributed by atoms with Crippen LogP contribution < -0.4 is 10.6 Å². The van der Waals surface area contributed by atoms with Gasteiger partial charge in [0.15, 0.2) is 5.13 Å². The molecule has 0 atom stereocenters. The molecule has 0 fully saturated rings. The van der Waals surface area contributed by atoms with Crippen LogP contribution in [0.1, 0.15) is 19.4 Å². The number of thioether (sulfide) groups is 1. The number of carbonyl (C=O) groups is 1. The molecule has 2 rings (SSSR count). The number of nitrogens with zero attached hydrogens (tertiary/aromatic N) is 1. The third-order valence-corrected chi connectivity index (χ3v) is 4.95. The maximum absolute atomic E-state index is 11.8. The summed E-state index contributed by atoms with van der Waals surface area (Å²) in [7, 11) is 0. The largest absolute Gasteiger partial charge is 0.394 e. The third-order valence-electron chi connectivity index (χ3n) is 2.78. The van der Waals surface area contributed by atoms with E-state index >= 15 is 0 Å². The van der Waals surface area contributed by atoms with Crippen molar-refractivity contribution in [1.82, 2.24) is 10.3 Å². The second-order valence-electron chi connectivity index (χ2n) is 5.38. The molecule has 0 spiro atoms. The van der Waals surface area contributed by atoms with Crippen molar-refractivity contribution in [2.75, 3.05) is 11.9 Å². The van der Waals surface area contributed by atoms with Gasteiger partial charge in [0.25, 0.3) is 0 Å². The number of amides is 2. The SMILES string of the molecule is CC(C)(CO)NC(=O)Nc1ncc(SCc2ccccc2)s1. The number of carbonyl (C=O) groups excluding carboxylic acids is 1. The predicted octanol–water partition coefficient (Wildman–Crippen LogP) is 3.33. The Morgan fingerprint density at radius 2 is 2.09 bits per heavy atom. The van der Waals surface area contributed by atoms with Crippen molar-refractivity contribution in [2.45, 2.75) is 29.3 Å². The maximum atomic E-state index is 11.8. The quantitative estimate of drug-likeness (QED) is 0.707. The first-order valence-electron chi connectivity index (χ1n) is 6.81. The average molecular weight is 337 g/mol. The lowest BCUT2D eigenvalue weighted by Gasteiger charge is -2.23. The molecule has 0 aliphatic rings. The van der Waals surface area contributed by atoms with Gasteiger partial charge in [0.05, 0.1) is 22.6 Å². The smallest absolute Gasteiger partial charge is 0.321 e. The van der Waals surface area contributed by atoms with Gasteiger partial charge in [-0.15, -0.1) is 11.8 Å². The van der Waals surface area contributed by atoms with E-state index in [1.165, 1.54) is 16.9 Å². The highest BCUT2D eigenvalue weighted by atomic mass is 32.2. The highest BCUT2D eigenvalue weighted by Gasteiger charge is 2.19. The molecule has 22 heavy (non-hydrogen) atoms. The molecule has 5 nitrogen and oxygen atoms in total. The topological polar surface area (TPSA) is 74.2 Å². The number of hydrogen-bond donors (Lipinski definition) is 3. The van der Waals surface area contributed by atoms with Crippen molar-refractivity contribution < 1.29 is 9.90 Å². The van der Waals surface area contributed by atoms with Gasteiger partial charge in [-0.1, -0.05) is 41.7 Å². The van der Waals surface area contributed by atoms with Crippen molar-refractivity contribution in [2.24, 2.45) is 0 Å². The summed E-state index contributed by atoms with van der Waals surface area (Å²) in [5.74, 6) is 0.867. The fourth-order valence-corrected chi connectivity index (χ4v) is 3.41. The van der Waals surface area contributed by atoms with E-state index in [0.717, 1.165) is 9.96 Å². The Bertz CT molecular complexity index is 614. The monoisotopic (exact) mass is 337 g/mol. The zero-order valence-electron chi connectivity index (χ0n) is 12.5. The number of urea groups is 1. The molecular weight excluding hydrogens is 318 g/mol. The average Bonchev–Trinajstić information content (AvgIpc) is 2.93. The number of aliphatic hydroxyl groups excluding tert-OH is 1. The summed E-state index contributed by atoms with van der Waals surface area (Å²) in [5.41, 5.74) is 0.588. The second-order valence-corrected chi connectivity index (χ2v) is 7.69. The van der Waals surface area contributed by atoms with Crippen LogP contribution >= 0.6 is 23.1 Å². The number of aromatic nitrogens is 1. The van der Waals surface area contributed by atoms with E-state index < -0.39 is 5.54 Å². The minimum Gasteiger partial charge on any atom is -0.394 e. The number of rotatable bonds is 6. The molecule has 0 aliphatic carbocycles. The lowest BCUT2D eigenvalue weighted by molar-refractivity contribution is 0.187. The first-order valence-corrected chi connectivity index (χ1v) is 8.61. The van der Waals surface area contributed by atoms with E-state index in [9.17, 15) is 4.79 Å². The van der Waals surface area contributed by atoms with Crippen LogP contribution in [0.2, 0.25) is 0 Å². The van der Waals surface area contributed by atoms with E-state index in [2.05, 4.69) is 27.8 Å². The molecule has 0 radical (unpaired) electrons. The number of thiazole rings is 1.